The third-order valence-corrected chi connectivity index (χ3v) is 5.19. The number of carbonyl (C=O) groups excluding carboxylic acids is 1. The average Bonchev–Trinajstić information content (AvgIpc) is 2.54. The zero-order chi connectivity index (χ0) is 15.1. The van der Waals surface area contributed by atoms with Crippen molar-refractivity contribution in [3.8, 4) is 0 Å². The van der Waals surface area contributed by atoms with Crippen molar-refractivity contribution in [2.75, 3.05) is 39.3 Å². The van der Waals surface area contributed by atoms with Crippen LogP contribution in [0.15, 0.2) is 0 Å². The Hall–Kier alpha value is -0.610. The van der Waals surface area contributed by atoms with Crippen LogP contribution in [-0.4, -0.2) is 55.0 Å². The fourth-order valence-electron chi connectivity index (χ4n) is 3.66. The summed E-state index contributed by atoms with van der Waals surface area (Å²) in [4.78, 5) is 16.8. The topological polar surface area (TPSA) is 49.6 Å². The molecule has 2 fully saturated rings. The summed E-state index contributed by atoms with van der Waals surface area (Å²) in [5, 5.41) is 0. The van der Waals surface area contributed by atoms with Crippen LogP contribution in [0.5, 0.6) is 0 Å². The smallest absolute Gasteiger partial charge is 0.222 e. The van der Waals surface area contributed by atoms with Crippen LogP contribution in [0.2, 0.25) is 0 Å². The van der Waals surface area contributed by atoms with Crippen LogP contribution >= 0.6 is 0 Å². The Morgan fingerprint density at radius 2 is 1.81 bits per heavy atom. The second-order valence-corrected chi connectivity index (χ2v) is 7.06. The molecule has 2 aliphatic rings. The first-order valence-corrected chi connectivity index (χ1v) is 8.89. The van der Waals surface area contributed by atoms with E-state index in [0.29, 0.717) is 11.8 Å². The predicted octanol–water partition coefficient (Wildman–Crippen LogP) is 2.09. The van der Waals surface area contributed by atoms with E-state index in [4.69, 9.17) is 5.73 Å². The van der Waals surface area contributed by atoms with Crippen LogP contribution in [-0.2, 0) is 4.79 Å². The molecule has 21 heavy (non-hydrogen) atoms. The SMILES string of the molecule is CC(CN)CN1CCN(C(=O)CCC2CCCCC2)CC1. The van der Waals surface area contributed by atoms with Gasteiger partial charge in [-0.25, -0.2) is 0 Å². The number of rotatable bonds is 6. The lowest BCUT2D eigenvalue weighted by atomic mass is 9.86. The van der Waals surface area contributed by atoms with Gasteiger partial charge < -0.3 is 10.6 Å². The van der Waals surface area contributed by atoms with Gasteiger partial charge in [-0.3, -0.25) is 9.69 Å². The predicted molar refractivity (Wildman–Crippen MR) is 87.0 cm³/mol. The summed E-state index contributed by atoms with van der Waals surface area (Å²) >= 11 is 0. The number of amides is 1. The molecule has 0 spiro atoms. The molecule has 1 atom stereocenters. The van der Waals surface area contributed by atoms with Crippen LogP contribution in [0.25, 0.3) is 0 Å². The Kier molecular flexibility index (Phi) is 6.97. The molecule has 2 rings (SSSR count). The van der Waals surface area contributed by atoms with Crippen molar-refractivity contribution in [2.45, 2.75) is 51.9 Å². The molecule has 1 amide bonds. The van der Waals surface area contributed by atoms with Gasteiger partial charge in [0.2, 0.25) is 5.91 Å². The molecule has 1 unspecified atom stereocenters. The van der Waals surface area contributed by atoms with Crippen molar-refractivity contribution in [2.24, 2.45) is 17.6 Å². The van der Waals surface area contributed by atoms with Gasteiger partial charge in [0.1, 0.15) is 0 Å². The maximum atomic E-state index is 12.3. The normalized spacial score (nSPS) is 23.2. The van der Waals surface area contributed by atoms with Gasteiger partial charge in [-0.1, -0.05) is 39.0 Å². The molecule has 0 bridgehead atoms. The summed E-state index contributed by atoms with van der Waals surface area (Å²) in [7, 11) is 0. The molecule has 4 heteroatoms. The number of nitrogens with two attached hydrogens (primary N) is 1. The van der Waals surface area contributed by atoms with E-state index in [0.717, 1.165) is 58.0 Å². The second kappa shape index (κ2) is 8.74. The Labute approximate surface area is 130 Å². The molecule has 1 aliphatic heterocycles. The minimum Gasteiger partial charge on any atom is -0.340 e. The third-order valence-electron chi connectivity index (χ3n) is 5.19. The van der Waals surface area contributed by atoms with E-state index in [1.807, 2.05) is 0 Å². The van der Waals surface area contributed by atoms with Gasteiger partial charge in [-0.05, 0) is 24.8 Å². The number of hydrogen-bond acceptors (Lipinski definition) is 3. The Morgan fingerprint density at radius 1 is 1.14 bits per heavy atom. The average molecular weight is 295 g/mol. The maximum absolute atomic E-state index is 12.3. The lowest BCUT2D eigenvalue weighted by molar-refractivity contribution is -0.133. The fraction of sp³-hybridized carbons (Fsp3) is 0.941. The first-order chi connectivity index (χ1) is 10.2. The molecule has 2 N–H and O–H groups in total. The van der Waals surface area contributed by atoms with E-state index in [9.17, 15) is 4.79 Å². The van der Waals surface area contributed by atoms with Crippen molar-refractivity contribution >= 4 is 5.91 Å². The van der Waals surface area contributed by atoms with E-state index < -0.39 is 0 Å². The van der Waals surface area contributed by atoms with Crippen molar-refractivity contribution in [3.05, 3.63) is 0 Å². The highest BCUT2D eigenvalue weighted by Crippen LogP contribution is 2.27. The maximum Gasteiger partial charge on any atom is 0.222 e. The van der Waals surface area contributed by atoms with Crippen LogP contribution in [0.1, 0.15) is 51.9 Å². The number of piperazine rings is 1. The molecular formula is C17H33N3O. The zero-order valence-electron chi connectivity index (χ0n) is 13.7. The molecule has 1 saturated heterocycles. The zero-order valence-corrected chi connectivity index (χ0v) is 13.7. The monoisotopic (exact) mass is 295 g/mol. The van der Waals surface area contributed by atoms with Gasteiger partial charge in [0.05, 0.1) is 0 Å². The minimum atomic E-state index is 0.382. The van der Waals surface area contributed by atoms with Gasteiger partial charge in [-0.15, -0.1) is 0 Å². The molecule has 122 valence electrons. The molecule has 0 aromatic rings. The van der Waals surface area contributed by atoms with E-state index in [2.05, 4.69) is 16.7 Å². The summed E-state index contributed by atoms with van der Waals surface area (Å²) in [6.07, 6.45) is 8.71. The summed E-state index contributed by atoms with van der Waals surface area (Å²) in [6.45, 7) is 7.85. The van der Waals surface area contributed by atoms with E-state index in [-0.39, 0.29) is 0 Å². The highest BCUT2D eigenvalue weighted by atomic mass is 16.2. The first-order valence-electron chi connectivity index (χ1n) is 8.89. The number of carbonyl (C=O) groups is 1. The summed E-state index contributed by atoms with van der Waals surface area (Å²) in [5.41, 5.74) is 5.68. The van der Waals surface area contributed by atoms with Crippen molar-refractivity contribution in [3.63, 3.8) is 0 Å². The van der Waals surface area contributed by atoms with Crippen molar-refractivity contribution in [1.82, 2.24) is 9.80 Å². The quantitative estimate of drug-likeness (QED) is 0.816. The highest BCUT2D eigenvalue weighted by Gasteiger charge is 2.22. The van der Waals surface area contributed by atoms with Crippen LogP contribution in [0.3, 0.4) is 0 Å². The Morgan fingerprint density at radius 3 is 2.43 bits per heavy atom. The lowest BCUT2D eigenvalue weighted by Crippen LogP contribution is -2.50. The highest BCUT2D eigenvalue weighted by molar-refractivity contribution is 5.76. The molecule has 1 aliphatic carbocycles. The van der Waals surface area contributed by atoms with E-state index in [1.54, 1.807) is 0 Å². The summed E-state index contributed by atoms with van der Waals surface area (Å²) < 4.78 is 0. The standard InChI is InChI=1S/C17H33N3O/c1-15(13-18)14-19-9-11-20(12-10-19)17(21)8-7-16-5-3-2-4-6-16/h15-16H,2-14,18H2,1H3. The third kappa shape index (κ3) is 5.59. The first kappa shape index (κ1) is 16.8. The second-order valence-electron chi connectivity index (χ2n) is 7.06. The largest absolute Gasteiger partial charge is 0.340 e. The lowest BCUT2D eigenvalue weighted by Gasteiger charge is -2.36. The van der Waals surface area contributed by atoms with Crippen molar-refractivity contribution in [1.29, 1.82) is 0 Å². The Bertz CT molecular complexity index is 307. The van der Waals surface area contributed by atoms with Crippen LogP contribution in [0.4, 0.5) is 0 Å². The minimum absolute atomic E-state index is 0.382. The van der Waals surface area contributed by atoms with Gasteiger partial charge in [0, 0.05) is 39.1 Å². The van der Waals surface area contributed by atoms with Gasteiger partial charge >= 0.3 is 0 Å². The van der Waals surface area contributed by atoms with Gasteiger partial charge in [0.15, 0.2) is 0 Å². The van der Waals surface area contributed by atoms with Crippen molar-refractivity contribution < 1.29 is 4.79 Å². The van der Waals surface area contributed by atoms with Crippen LogP contribution < -0.4 is 5.73 Å². The van der Waals surface area contributed by atoms with E-state index >= 15 is 0 Å². The molecule has 0 radical (unpaired) electrons. The molecule has 1 saturated carbocycles. The molecule has 0 aromatic heterocycles. The molecule has 0 aromatic carbocycles. The van der Waals surface area contributed by atoms with Crippen LogP contribution in [0, 0.1) is 11.8 Å². The molecule has 1 heterocycles. The Balaban J connectivity index is 1.63. The number of hydrogen-bond donors (Lipinski definition) is 1. The molecule has 4 nitrogen and oxygen atoms in total. The van der Waals surface area contributed by atoms with Gasteiger partial charge in [-0.2, -0.15) is 0 Å². The van der Waals surface area contributed by atoms with Gasteiger partial charge in [0.25, 0.3) is 0 Å². The van der Waals surface area contributed by atoms with E-state index in [1.165, 1.54) is 32.1 Å². The molecular weight excluding hydrogens is 262 g/mol. The summed E-state index contributed by atoms with van der Waals surface area (Å²) in [5.74, 6) is 1.75. The fourth-order valence-corrected chi connectivity index (χ4v) is 3.66. The number of nitrogens with zero attached hydrogens (tertiary/aromatic N) is 2. The summed E-state index contributed by atoms with van der Waals surface area (Å²) in [6, 6.07) is 0.